The summed E-state index contributed by atoms with van der Waals surface area (Å²) < 4.78 is 0. The molecule has 1 heteroatoms. The van der Waals surface area contributed by atoms with Crippen molar-refractivity contribution in [2.75, 3.05) is 0 Å². The van der Waals surface area contributed by atoms with E-state index in [9.17, 15) is 0 Å². The first-order valence-electron chi connectivity index (χ1n) is 10.8. The molecular weight excluding hydrogens is 340 g/mol. The van der Waals surface area contributed by atoms with Crippen molar-refractivity contribution >= 4 is 14.7 Å². The second kappa shape index (κ2) is 10.5. The maximum atomic E-state index is 2.40. The van der Waals surface area contributed by atoms with Gasteiger partial charge < -0.3 is 0 Å². The highest BCUT2D eigenvalue weighted by Gasteiger charge is 2.12. The van der Waals surface area contributed by atoms with Crippen LogP contribution in [0, 0.1) is 0 Å². The second-order valence-electron chi connectivity index (χ2n) is 7.88. The second-order valence-corrected chi connectivity index (χ2v) is 9.85. The van der Waals surface area contributed by atoms with E-state index in [1.165, 1.54) is 56.1 Å². The number of hydrogen-bond acceptors (Lipinski definition) is 0. The monoisotopic (exact) mass is 374 g/mol. The van der Waals surface area contributed by atoms with Crippen molar-refractivity contribution in [1.29, 1.82) is 0 Å². The summed E-state index contributed by atoms with van der Waals surface area (Å²) in [5, 5.41) is 3.41. The highest BCUT2D eigenvalue weighted by Crippen LogP contribution is 2.23. The zero-order valence-corrected chi connectivity index (χ0v) is 18.6. The SMILES string of the molecule is CCCCC1=C([SiH2]c2ccccc2Cc2ccc(CCCC)cc2)CC=C1. The van der Waals surface area contributed by atoms with Gasteiger partial charge in [0.15, 0.2) is 0 Å². The van der Waals surface area contributed by atoms with E-state index in [4.69, 9.17) is 0 Å². The van der Waals surface area contributed by atoms with Crippen molar-refractivity contribution in [2.45, 2.75) is 65.2 Å². The molecule has 0 bridgehead atoms. The van der Waals surface area contributed by atoms with E-state index in [-0.39, 0.29) is 9.52 Å². The Bertz CT molecular complexity index is 780. The van der Waals surface area contributed by atoms with Gasteiger partial charge in [0.1, 0.15) is 0 Å². The number of unbranched alkanes of at least 4 members (excludes halogenated alkanes) is 2. The minimum Gasteiger partial charge on any atom is -0.0806 e. The molecule has 0 aromatic heterocycles. The van der Waals surface area contributed by atoms with Crippen LogP contribution in [0.15, 0.2) is 71.5 Å². The molecule has 0 N–H and O–H groups in total. The molecule has 0 saturated heterocycles. The number of rotatable bonds is 10. The molecule has 2 aromatic carbocycles. The molecule has 0 fully saturated rings. The number of benzene rings is 2. The highest BCUT2D eigenvalue weighted by atomic mass is 28.2. The van der Waals surface area contributed by atoms with Crippen LogP contribution >= 0.6 is 0 Å². The molecule has 0 nitrogen and oxygen atoms in total. The smallest absolute Gasteiger partial charge is 0.0806 e. The lowest BCUT2D eigenvalue weighted by Crippen LogP contribution is -2.21. The lowest BCUT2D eigenvalue weighted by molar-refractivity contribution is 0.795. The number of hydrogen-bond donors (Lipinski definition) is 0. The van der Waals surface area contributed by atoms with E-state index < -0.39 is 0 Å². The van der Waals surface area contributed by atoms with Gasteiger partial charge in [0, 0.05) is 0 Å². The maximum Gasteiger partial charge on any atom is 0.0835 e. The lowest BCUT2D eigenvalue weighted by Gasteiger charge is -2.12. The fraction of sp³-hybridized carbons (Fsp3) is 0.385. The zero-order valence-electron chi connectivity index (χ0n) is 17.1. The Morgan fingerprint density at radius 2 is 1.52 bits per heavy atom. The van der Waals surface area contributed by atoms with Crippen molar-refractivity contribution < 1.29 is 0 Å². The van der Waals surface area contributed by atoms with E-state index in [0.717, 1.165) is 6.42 Å². The van der Waals surface area contributed by atoms with Crippen LogP contribution in [0.1, 0.15) is 69.1 Å². The summed E-state index contributed by atoms with van der Waals surface area (Å²) in [6, 6.07) is 18.5. The van der Waals surface area contributed by atoms with Crippen LogP contribution in [0.2, 0.25) is 0 Å². The number of aryl methyl sites for hydroxylation is 1. The largest absolute Gasteiger partial charge is 0.0835 e. The van der Waals surface area contributed by atoms with E-state index in [1.54, 1.807) is 21.5 Å². The molecule has 0 unspecified atom stereocenters. The number of allylic oxidation sites excluding steroid dienone is 4. The fourth-order valence-corrected chi connectivity index (χ4v) is 5.98. The molecule has 1 aliphatic rings. The van der Waals surface area contributed by atoms with Gasteiger partial charge in [-0.15, -0.1) is 0 Å². The average Bonchev–Trinajstić information content (AvgIpc) is 3.14. The fourth-order valence-electron chi connectivity index (χ4n) is 3.96. The molecule has 0 amide bonds. The summed E-state index contributed by atoms with van der Waals surface area (Å²) in [5.41, 5.74) is 6.12. The van der Waals surface area contributed by atoms with Crippen molar-refractivity contribution in [2.24, 2.45) is 0 Å². The Labute approximate surface area is 168 Å². The zero-order chi connectivity index (χ0) is 18.9. The first kappa shape index (κ1) is 19.9. The molecule has 0 radical (unpaired) electrons. The molecule has 0 spiro atoms. The van der Waals surface area contributed by atoms with Gasteiger partial charge in [0.05, 0.1) is 9.52 Å². The molecule has 27 heavy (non-hydrogen) atoms. The summed E-state index contributed by atoms with van der Waals surface area (Å²) in [5.74, 6) is 0. The van der Waals surface area contributed by atoms with Crippen molar-refractivity contribution in [1.82, 2.24) is 0 Å². The summed E-state index contributed by atoms with van der Waals surface area (Å²) >= 11 is 0. The summed E-state index contributed by atoms with van der Waals surface area (Å²) in [7, 11) is -0.357. The predicted octanol–water partition coefficient (Wildman–Crippen LogP) is 5.82. The standard InChI is InChI=1S/C26H34Si/c1-3-5-10-21-16-18-22(19-17-21)20-24-12-7-8-14-26(24)27-25-15-9-13-23(25)11-6-4-2/h7-9,12-14,16-19H,3-6,10-11,15,20,27H2,1-2H3. The van der Waals surface area contributed by atoms with Crippen LogP contribution in [-0.2, 0) is 12.8 Å². The van der Waals surface area contributed by atoms with Gasteiger partial charge in [0.25, 0.3) is 0 Å². The third kappa shape index (κ3) is 5.81. The Kier molecular flexibility index (Phi) is 7.71. The molecule has 0 atom stereocenters. The minimum absolute atomic E-state index is 0.357. The summed E-state index contributed by atoms with van der Waals surface area (Å²) in [4.78, 5) is 0. The summed E-state index contributed by atoms with van der Waals surface area (Å²) in [6.07, 6.45) is 14.7. The molecule has 142 valence electrons. The van der Waals surface area contributed by atoms with Crippen LogP contribution < -0.4 is 5.19 Å². The summed E-state index contributed by atoms with van der Waals surface area (Å²) in [6.45, 7) is 4.55. The van der Waals surface area contributed by atoms with Crippen molar-refractivity contribution in [3.05, 3.63) is 88.1 Å². The first-order chi connectivity index (χ1) is 13.3. The van der Waals surface area contributed by atoms with Crippen LogP contribution in [-0.4, -0.2) is 9.52 Å². The van der Waals surface area contributed by atoms with Crippen LogP contribution in [0.3, 0.4) is 0 Å². The molecule has 2 aromatic rings. The van der Waals surface area contributed by atoms with Gasteiger partial charge in [-0.25, -0.2) is 0 Å². The lowest BCUT2D eigenvalue weighted by atomic mass is 10.0. The van der Waals surface area contributed by atoms with E-state index in [2.05, 4.69) is 74.5 Å². The first-order valence-corrected chi connectivity index (χ1v) is 12.2. The van der Waals surface area contributed by atoms with Crippen molar-refractivity contribution in [3.8, 4) is 0 Å². The Morgan fingerprint density at radius 1 is 0.815 bits per heavy atom. The molecular formula is C26H34Si. The molecule has 0 heterocycles. The van der Waals surface area contributed by atoms with Crippen LogP contribution in [0.5, 0.6) is 0 Å². The highest BCUT2D eigenvalue weighted by molar-refractivity contribution is 6.61. The van der Waals surface area contributed by atoms with Crippen molar-refractivity contribution in [3.63, 3.8) is 0 Å². The van der Waals surface area contributed by atoms with Gasteiger partial charge in [-0.3, -0.25) is 0 Å². The van der Waals surface area contributed by atoms with Gasteiger partial charge in [0.2, 0.25) is 0 Å². The molecule has 0 saturated carbocycles. The van der Waals surface area contributed by atoms with Gasteiger partial charge in [-0.05, 0) is 55.2 Å². The Morgan fingerprint density at radius 3 is 2.30 bits per heavy atom. The van der Waals surface area contributed by atoms with E-state index >= 15 is 0 Å². The quantitative estimate of drug-likeness (QED) is 0.460. The Balaban J connectivity index is 1.71. The van der Waals surface area contributed by atoms with Gasteiger partial charge >= 0.3 is 0 Å². The third-order valence-corrected chi connectivity index (χ3v) is 7.94. The van der Waals surface area contributed by atoms with Crippen LogP contribution in [0.25, 0.3) is 0 Å². The molecule has 3 rings (SSSR count). The Hall–Kier alpha value is -1.86. The molecule has 0 aliphatic heterocycles. The van der Waals surface area contributed by atoms with E-state index in [0.29, 0.717) is 0 Å². The minimum atomic E-state index is -0.357. The predicted molar refractivity (Wildman–Crippen MR) is 123 cm³/mol. The average molecular weight is 375 g/mol. The van der Waals surface area contributed by atoms with E-state index in [1.807, 2.05) is 0 Å². The van der Waals surface area contributed by atoms with Gasteiger partial charge in [-0.1, -0.05) is 103 Å². The topological polar surface area (TPSA) is 0 Å². The normalized spacial score (nSPS) is 14.0. The molecule has 1 aliphatic carbocycles. The van der Waals surface area contributed by atoms with Gasteiger partial charge in [-0.2, -0.15) is 0 Å². The third-order valence-electron chi connectivity index (χ3n) is 5.70. The maximum absolute atomic E-state index is 2.40. The van der Waals surface area contributed by atoms with Crippen LogP contribution in [0.4, 0.5) is 0 Å².